The molecule has 42 heavy (non-hydrogen) atoms. The molecule has 0 saturated heterocycles. The van der Waals surface area contributed by atoms with Crippen molar-refractivity contribution in [2.45, 2.75) is 50.8 Å². The van der Waals surface area contributed by atoms with Crippen LogP contribution in [0, 0.1) is 26.1 Å². The summed E-state index contributed by atoms with van der Waals surface area (Å²) in [6.07, 6.45) is 7.00. The first-order valence-corrected chi connectivity index (χ1v) is 15.0. The van der Waals surface area contributed by atoms with Gasteiger partial charge in [-0.25, -0.2) is 0 Å². The van der Waals surface area contributed by atoms with E-state index in [0.29, 0.717) is 6.07 Å². The number of phenolic OH excluding ortho intramolecular Hbond substituents is 2. The van der Waals surface area contributed by atoms with Gasteiger partial charge in [0.2, 0.25) is 5.75 Å². The Morgan fingerprint density at radius 2 is 1.76 bits per heavy atom. The summed E-state index contributed by atoms with van der Waals surface area (Å²) in [5.41, 5.74) is 3.18. The topological polar surface area (TPSA) is 266 Å². The van der Waals surface area contributed by atoms with Crippen molar-refractivity contribution in [3.8, 4) is 11.5 Å². The molecule has 1 unspecified atom stereocenters. The summed E-state index contributed by atoms with van der Waals surface area (Å²) in [6.45, 7) is 6.98. The summed E-state index contributed by atoms with van der Waals surface area (Å²) in [4.78, 5) is 22.3. The molecule has 0 aliphatic rings. The van der Waals surface area contributed by atoms with E-state index in [1.54, 1.807) is 0 Å². The van der Waals surface area contributed by atoms with Gasteiger partial charge in [-0.3, -0.25) is 29.8 Å². The molecule has 0 spiro atoms. The fourth-order valence-corrected chi connectivity index (χ4v) is 3.87. The Morgan fingerprint density at radius 1 is 1.12 bits per heavy atom. The van der Waals surface area contributed by atoms with Crippen molar-refractivity contribution in [1.82, 2.24) is 0 Å². The van der Waals surface area contributed by atoms with Crippen LogP contribution >= 0.6 is 0 Å². The summed E-state index contributed by atoms with van der Waals surface area (Å²) in [5.74, 6) is -1.06. The summed E-state index contributed by atoms with van der Waals surface area (Å²) in [6, 6.07) is 4.64. The molecule has 0 amide bonds. The second kappa shape index (κ2) is 20.5. The number of para-hydroxylation sites is 1. The summed E-state index contributed by atoms with van der Waals surface area (Å²) >= 11 is -1.38. The van der Waals surface area contributed by atoms with Gasteiger partial charge in [-0.05, 0) is 31.4 Å². The number of ether oxygens (including phenoxy) is 1. The fraction of sp³-hybridized carbons (Fsp3) is 0.458. The van der Waals surface area contributed by atoms with Gasteiger partial charge in [-0.15, -0.1) is 0 Å². The number of non-ortho nitro benzene ring substituents is 1. The normalized spacial score (nSPS) is 11.5. The van der Waals surface area contributed by atoms with E-state index in [1.165, 1.54) is 37.8 Å². The van der Waals surface area contributed by atoms with Gasteiger partial charge in [0.15, 0.2) is 5.75 Å². The number of nitro benzene ring substituents is 2. The molecule has 16 nitrogen and oxygen atoms in total. The average Bonchev–Trinajstić information content (AvgIpc) is 2.92. The quantitative estimate of drug-likeness (QED) is 0.0638. The number of benzene rings is 2. The zero-order chi connectivity index (χ0) is 32.3. The number of rotatable bonds is 14. The van der Waals surface area contributed by atoms with E-state index >= 15 is 0 Å². The Kier molecular flexibility index (Phi) is 18.9. The van der Waals surface area contributed by atoms with Gasteiger partial charge in [-0.2, -0.15) is 8.42 Å². The Balaban J connectivity index is 0.000000883. The second-order valence-corrected chi connectivity index (χ2v) is 10.1. The monoisotopic (exact) mass is 655 g/mol. The molecule has 2 aromatic carbocycles. The fourth-order valence-electron chi connectivity index (χ4n) is 3.25. The van der Waals surface area contributed by atoms with Gasteiger partial charge >= 0.3 is 29.1 Å². The number of hydrogen-bond donors (Lipinski definition) is 5. The van der Waals surface area contributed by atoms with E-state index < -0.39 is 68.9 Å². The number of aromatic hydroxyl groups is 2. The van der Waals surface area contributed by atoms with Gasteiger partial charge < -0.3 is 20.7 Å². The van der Waals surface area contributed by atoms with Gasteiger partial charge in [0.25, 0.3) is 15.8 Å². The molecular weight excluding hydrogens is 620 g/mol. The SMILES string of the molecule is CCCCC(CC)COCCCN.O=[N+]([O-])c1cc(N=Cc2cccc([N+](=O)[O-])c2O)c(O)c(S(=O)(=O)O)c1.[O]=[Cr][OH]. The molecule has 0 bridgehead atoms. The van der Waals surface area contributed by atoms with Crippen LogP contribution in [-0.2, 0) is 34.1 Å². The summed E-state index contributed by atoms with van der Waals surface area (Å²) < 4.78 is 52.7. The van der Waals surface area contributed by atoms with E-state index in [0.717, 1.165) is 50.4 Å². The molecule has 0 fully saturated rings. The van der Waals surface area contributed by atoms with Crippen LogP contribution in [0.15, 0.2) is 40.2 Å². The molecular formula is C24H35CrN4O12S. The van der Waals surface area contributed by atoms with E-state index in [1.807, 2.05) is 0 Å². The van der Waals surface area contributed by atoms with E-state index in [9.17, 15) is 38.9 Å². The second-order valence-electron chi connectivity index (χ2n) is 8.48. The molecule has 0 heterocycles. The first-order valence-electron chi connectivity index (χ1n) is 12.5. The Morgan fingerprint density at radius 3 is 2.26 bits per heavy atom. The molecule has 2 rings (SSSR count). The predicted molar refractivity (Wildman–Crippen MR) is 147 cm³/mol. The number of unbranched alkanes of at least 4 members (excludes halogenated alkanes) is 1. The van der Waals surface area contributed by atoms with Crippen molar-refractivity contribution in [1.29, 1.82) is 0 Å². The molecule has 18 heteroatoms. The number of aliphatic imine (C=N–C) groups is 1. The molecule has 6 N–H and O–H groups in total. The van der Waals surface area contributed by atoms with E-state index in [4.69, 9.17) is 23.0 Å². The van der Waals surface area contributed by atoms with Crippen molar-refractivity contribution in [2.24, 2.45) is 16.6 Å². The first-order chi connectivity index (χ1) is 19.8. The molecule has 0 saturated carbocycles. The Labute approximate surface area is 249 Å². The van der Waals surface area contributed by atoms with Crippen LogP contribution in [0.2, 0.25) is 0 Å². The minimum atomic E-state index is -4.99. The van der Waals surface area contributed by atoms with Crippen molar-refractivity contribution in [2.75, 3.05) is 19.8 Å². The Bertz CT molecular complexity index is 1310. The first kappa shape index (κ1) is 38.6. The average molecular weight is 656 g/mol. The van der Waals surface area contributed by atoms with Crippen LogP contribution in [0.25, 0.3) is 0 Å². The molecule has 0 aromatic heterocycles. The molecule has 235 valence electrons. The minimum absolute atomic E-state index is 0.168. The zero-order valence-corrected chi connectivity index (χ0v) is 25.1. The van der Waals surface area contributed by atoms with Crippen molar-refractivity contribution < 1.29 is 61.2 Å². The molecule has 0 aliphatic carbocycles. The van der Waals surface area contributed by atoms with Crippen LogP contribution in [0.4, 0.5) is 17.1 Å². The van der Waals surface area contributed by atoms with Gasteiger partial charge in [0.1, 0.15) is 10.6 Å². The van der Waals surface area contributed by atoms with Crippen molar-refractivity contribution in [3.05, 3.63) is 56.1 Å². The number of hydrogen-bond acceptors (Lipinski definition) is 12. The van der Waals surface area contributed by atoms with Crippen molar-refractivity contribution >= 4 is 33.4 Å². The number of nitrogens with two attached hydrogens (primary N) is 1. The molecule has 0 aliphatic heterocycles. The predicted octanol–water partition coefficient (Wildman–Crippen LogP) is 3.80. The number of nitrogens with zero attached hydrogens (tertiary/aromatic N) is 3. The standard InChI is InChI=1S/C13H9N3O9S.C11H25NO.Cr.H2O.O/c17-12-7(2-1-3-10(12)16(21)22)6-14-9-4-8(15(19)20)5-11(13(9)18)26(23,24)25;1-3-5-7-11(4-2)10-13-9-6-8-12;;;/h1-6,17-18H,(H,23,24,25);11H,3-10,12H2,1-2H3;;1H2;/q;;+1;;/p-1. The number of nitro groups is 2. The van der Waals surface area contributed by atoms with E-state index in [2.05, 4.69) is 18.8 Å². The van der Waals surface area contributed by atoms with Crippen LogP contribution in [0.5, 0.6) is 11.5 Å². The zero-order valence-electron chi connectivity index (χ0n) is 23.0. The van der Waals surface area contributed by atoms with Crippen LogP contribution < -0.4 is 5.73 Å². The molecule has 2 aromatic rings. The number of phenols is 2. The van der Waals surface area contributed by atoms with E-state index in [-0.39, 0.29) is 5.56 Å². The maximum atomic E-state index is 11.2. The Hall–Kier alpha value is -3.37. The summed E-state index contributed by atoms with van der Waals surface area (Å²) in [7, 11) is -4.99. The third-order valence-corrected chi connectivity index (χ3v) is 6.37. The van der Waals surface area contributed by atoms with Gasteiger partial charge in [0, 0.05) is 43.2 Å². The van der Waals surface area contributed by atoms with Gasteiger partial charge in [-0.1, -0.05) is 39.2 Å². The molecule has 0 radical (unpaired) electrons. The van der Waals surface area contributed by atoms with Crippen LogP contribution in [0.1, 0.15) is 51.5 Å². The van der Waals surface area contributed by atoms with Gasteiger partial charge in [0.05, 0.1) is 9.85 Å². The third kappa shape index (κ3) is 14.0. The summed E-state index contributed by atoms with van der Waals surface area (Å²) in [5, 5.41) is 41.3. The molecule has 1 atom stereocenters. The van der Waals surface area contributed by atoms with Crippen LogP contribution in [0.3, 0.4) is 0 Å². The third-order valence-electron chi connectivity index (χ3n) is 5.50. The van der Waals surface area contributed by atoms with Crippen molar-refractivity contribution in [3.63, 3.8) is 0 Å². The maximum absolute atomic E-state index is 11.2. The van der Waals surface area contributed by atoms with Crippen LogP contribution in [-0.4, -0.2) is 63.2 Å².